The van der Waals surface area contributed by atoms with Crippen LogP contribution in [0.3, 0.4) is 0 Å². The second kappa shape index (κ2) is 13.7. The highest BCUT2D eigenvalue weighted by Crippen LogP contribution is 2.52. The van der Waals surface area contributed by atoms with Gasteiger partial charge in [0.05, 0.1) is 25.7 Å². The number of amides is 1. The molecular weight excluding hydrogens is 518 g/mol. The molecule has 0 radical (unpaired) electrons. The number of rotatable bonds is 11. The highest BCUT2D eigenvalue weighted by molar-refractivity contribution is 7.99. The molecule has 0 bridgehead atoms. The van der Waals surface area contributed by atoms with Gasteiger partial charge in [-0.15, -0.1) is 11.8 Å². The first kappa shape index (κ1) is 28.8. The first-order valence-corrected chi connectivity index (χ1v) is 14.5. The van der Waals surface area contributed by atoms with E-state index in [2.05, 4.69) is 11.4 Å². The number of esters is 1. The van der Waals surface area contributed by atoms with Gasteiger partial charge in [0.2, 0.25) is 0 Å². The molecule has 2 aromatic rings. The van der Waals surface area contributed by atoms with Gasteiger partial charge in [-0.2, -0.15) is 0 Å². The summed E-state index contributed by atoms with van der Waals surface area (Å²) in [6.07, 6.45) is 3.81. The molecule has 0 saturated heterocycles. The van der Waals surface area contributed by atoms with E-state index in [-0.39, 0.29) is 25.0 Å². The second-order valence-electron chi connectivity index (χ2n) is 9.77. The van der Waals surface area contributed by atoms with Crippen molar-refractivity contribution in [3.63, 3.8) is 0 Å². The lowest BCUT2D eigenvalue weighted by Gasteiger charge is -2.24. The number of hydrogen-bond acceptors (Lipinski definition) is 8. The SMILES string of the molecule is CCOC(=O)C(CCSc1cc2c(c(OC)c1OC)C1CCCC1C(=O)CC2)NC(=O)OCc1ccccc1. The van der Waals surface area contributed by atoms with Crippen molar-refractivity contribution in [2.75, 3.05) is 26.6 Å². The molecule has 8 nitrogen and oxygen atoms in total. The number of benzene rings is 2. The quantitative estimate of drug-likeness (QED) is 0.289. The van der Waals surface area contributed by atoms with Crippen LogP contribution in [0.5, 0.6) is 11.5 Å². The van der Waals surface area contributed by atoms with Gasteiger partial charge in [-0.1, -0.05) is 36.8 Å². The van der Waals surface area contributed by atoms with Gasteiger partial charge in [0.25, 0.3) is 0 Å². The summed E-state index contributed by atoms with van der Waals surface area (Å²) in [4.78, 5) is 38.8. The van der Waals surface area contributed by atoms with Gasteiger partial charge in [-0.05, 0) is 55.7 Å². The van der Waals surface area contributed by atoms with Crippen LogP contribution >= 0.6 is 11.8 Å². The van der Waals surface area contributed by atoms with E-state index in [1.54, 1.807) is 21.1 Å². The molecule has 210 valence electrons. The van der Waals surface area contributed by atoms with Crippen molar-refractivity contribution in [2.24, 2.45) is 5.92 Å². The Labute approximate surface area is 234 Å². The van der Waals surface area contributed by atoms with E-state index in [0.29, 0.717) is 42.3 Å². The predicted octanol–water partition coefficient (Wildman–Crippen LogP) is 5.44. The number of Topliss-reactive ketones (excluding diaryl/α,β-unsaturated/α-hetero) is 1. The Balaban J connectivity index is 1.46. The van der Waals surface area contributed by atoms with Gasteiger partial charge in [-0.3, -0.25) is 4.79 Å². The Morgan fingerprint density at radius 2 is 1.77 bits per heavy atom. The molecule has 1 saturated carbocycles. The zero-order valence-corrected chi connectivity index (χ0v) is 23.6. The molecule has 1 amide bonds. The van der Waals surface area contributed by atoms with Crippen LogP contribution in [0.1, 0.15) is 61.6 Å². The van der Waals surface area contributed by atoms with E-state index in [9.17, 15) is 14.4 Å². The first-order valence-electron chi connectivity index (χ1n) is 13.5. The van der Waals surface area contributed by atoms with Crippen LogP contribution in [0.2, 0.25) is 0 Å². The first-order chi connectivity index (χ1) is 19.0. The second-order valence-corrected chi connectivity index (χ2v) is 10.9. The molecule has 2 aliphatic rings. The molecule has 0 aliphatic heterocycles. The van der Waals surface area contributed by atoms with Crippen molar-refractivity contribution in [2.45, 2.75) is 68.9 Å². The van der Waals surface area contributed by atoms with Crippen molar-refractivity contribution in [3.8, 4) is 11.5 Å². The number of fused-ring (bicyclic) bond motifs is 3. The molecule has 0 heterocycles. The van der Waals surface area contributed by atoms with E-state index in [0.717, 1.165) is 40.8 Å². The van der Waals surface area contributed by atoms with E-state index in [1.165, 1.54) is 11.8 Å². The molecule has 1 fully saturated rings. The molecule has 4 rings (SSSR count). The third-order valence-electron chi connectivity index (χ3n) is 7.42. The maximum atomic E-state index is 12.8. The van der Waals surface area contributed by atoms with Crippen LogP contribution in [-0.2, 0) is 32.1 Å². The number of nitrogens with one attached hydrogen (secondary N) is 1. The van der Waals surface area contributed by atoms with Crippen LogP contribution in [-0.4, -0.2) is 50.5 Å². The summed E-state index contributed by atoms with van der Waals surface area (Å²) in [7, 11) is 3.26. The van der Waals surface area contributed by atoms with E-state index >= 15 is 0 Å². The summed E-state index contributed by atoms with van der Waals surface area (Å²) in [5.74, 6) is 1.90. The third kappa shape index (κ3) is 6.87. The fourth-order valence-electron chi connectivity index (χ4n) is 5.62. The Morgan fingerprint density at radius 3 is 2.49 bits per heavy atom. The number of alkyl carbamates (subject to hydrolysis) is 1. The minimum absolute atomic E-state index is 0.0569. The number of hydrogen-bond donors (Lipinski definition) is 1. The summed E-state index contributed by atoms with van der Waals surface area (Å²) in [5.41, 5.74) is 3.09. The molecule has 3 atom stereocenters. The Hall–Kier alpha value is -3.20. The van der Waals surface area contributed by atoms with Crippen LogP contribution in [0.25, 0.3) is 0 Å². The van der Waals surface area contributed by atoms with Gasteiger partial charge in [0.15, 0.2) is 11.5 Å². The maximum absolute atomic E-state index is 12.8. The molecule has 3 unspecified atom stereocenters. The Bertz CT molecular complexity index is 1170. The maximum Gasteiger partial charge on any atom is 0.408 e. The molecule has 9 heteroatoms. The topological polar surface area (TPSA) is 100 Å². The highest BCUT2D eigenvalue weighted by atomic mass is 32.2. The summed E-state index contributed by atoms with van der Waals surface area (Å²) in [5, 5.41) is 2.66. The molecular formula is C30H37NO7S. The molecule has 39 heavy (non-hydrogen) atoms. The third-order valence-corrected chi connectivity index (χ3v) is 8.47. The number of thioether (sulfide) groups is 1. The summed E-state index contributed by atoms with van der Waals surface area (Å²) < 4.78 is 22.2. The van der Waals surface area contributed by atoms with Crippen molar-refractivity contribution < 1.29 is 33.3 Å². The summed E-state index contributed by atoms with van der Waals surface area (Å²) >= 11 is 1.52. The molecule has 1 N–H and O–H groups in total. The number of ketones is 1. The fourth-order valence-corrected chi connectivity index (χ4v) is 6.72. The zero-order valence-electron chi connectivity index (χ0n) is 22.8. The average molecular weight is 556 g/mol. The highest BCUT2D eigenvalue weighted by Gasteiger charge is 2.40. The van der Waals surface area contributed by atoms with Gasteiger partial charge >= 0.3 is 12.1 Å². The van der Waals surface area contributed by atoms with Crippen molar-refractivity contribution >= 4 is 29.6 Å². The number of methoxy groups -OCH3 is 2. The van der Waals surface area contributed by atoms with Crippen LogP contribution in [0.15, 0.2) is 41.3 Å². The smallest absolute Gasteiger partial charge is 0.408 e. The van der Waals surface area contributed by atoms with Gasteiger partial charge in [-0.25, -0.2) is 9.59 Å². The van der Waals surface area contributed by atoms with E-state index < -0.39 is 18.1 Å². The predicted molar refractivity (Wildman–Crippen MR) is 148 cm³/mol. The molecule has 2 aliphatic carbocycles. The monoisotopic (exact) mass is 555 g/mol. The van der Waals surface area contributed by atoms with Crippen LogP contribution in [0.4, 0.5) is 4.79 Å². The molecule has 2 aromatic carbocycles. The summed E-state index contributed by atoms with van der Waals surface area (Å²) in [6, 6.07) is 10.6. The zero-order chi connectivity index (χ0) is 27.8. The fraction of sp³-hybridized carbons (Fsp3) is 0.500. The molecule has 0 spiro atoms. The minimum atomic E-state index is -0.855. The van der Waals surface area contributed by atoms with Gasteiger partial charge in [0.1, 0.15) is 18.4 Å². The Kier molecular flexibility index (Phi) is 10.1. The van der Waals surface area contributed by atoms with Gasteiger partial charge in [0, 0.05) is 23.7 Å². The van der Waals surface area contributed by atoms with Crippen LogP contribution < -0.4 is 14.8 Å². The lowest BCUT2D eigenvalue weighted by Crippen LogP contribution is -2.42. The van der Waals surface area contributed by atoms with E-state index in [4.69, 9.17) is 18.9 Å². The van der Waals surface area contributed by atoms with Crippen molar-refractivity contribution in [1.29, 1.82) is 0 Å². The normalized spacial score (nSPS) is 18.8. The van der Waals surface area contributed by atoms with Crippen molar-refractivity contribution in [1.82, 2.24) is 5.32 Å². The number of ether oxygens (including phenoxy) is 4. The lowest BCUT2D eigenvalue weighted by molar-refractivity contribution is -0.145. The minimum Gasteiger partial charge on any atom is -0.493 e. The Morgan fingerprint density at radius 1 is 1.03 bits per heavy atom. The average Bonchev–Trinajstić information content (AvgIpc) is 3.39. The largest absolute Gasteiger partial charge is 0.493 e. The van der Waals surface area contributed by atoms with Crippen molar-refractivity contribution in [3.05, 3.63) is 53.1 Å². The van der Waals surface area contributed by atoms with Gasteiger partial charge < -0.3 is 24.3 Å². The number of aryl methyl sites for hydroxylation is 1. The number of carbonyl (C=O) groups excluding carboxylic acids is 3. The number of carbonyl (C=O) groups is 3. The van der Waals surface area contributed by atoms with Crippen LogP contribution in [0, 0.1) is 5.92 Å². The lowest BCUT2D eigenvalue weighted by atomic mass is 9.85. The standard InChI is InChI=1S/C30H37NO7S/c1-4-37-29(33)23(31-30(34)38-18-19-9-6-5-7-10-19)15-16-39-25-17-20-13-14-24(32)21-11-8-12-22(21)26(20)28(36-3)27(25)35-2/h5-7,9-10,17,21-23H,4,8,11-16,18H2,1-3H3,(H,31,34). The summed E-state index contributed by atoms with van der Waals surface area (Å²) in [6.45, 7) is 2.04. The van der Waals surface area contributed by atoms with E-state index in [1.807, 2.05) is 30.3 Å². The molecule has 0 aromatic heterocycles.